The van der Waals surface area contributed by atoms with Gasteiger partial charge in [0.15, 0.2) is 14.6 Å². The van der Waals surface area contributed by atoms with Crippen LogP contribution in [0.5, 0.6) is 0 Å². The van der Waals surface area contributed by atoms with Crippen molar-refractivity contribution >= 4 is 33.1 Å². The standard InChI is InChI=1S/C12H11F3N2O2S2/c13-12(14,15)7-1-2-10-9(5-7)16-11(20)17(10)8-3-4-21(18,19)6-8/h1-2,5,8H,3-4,6H2,(H,16,20). The highest BCUT2D eigenvalue weighted by Gasteiger charge is 2.33. The van der Waals surface area contributed by atoms with Crippen LogP contribution < -0.4 is 0 Å². The summed E-state index contributed by atoms with van der Waals surface area (Å²) < 4.78 is 63.1. The molecular weight excluding hydrogens is 325 g/mol. The Kier molecular flexibility index (Phi) is 3.17. The van der Waals surface area contributed by atoms with Crippen molar-refractivity contribution in [2.75, 3.05) is 11.5 Å². The summed E-state index contributed by atoms with van der Waals surface area (Å²) in [5.41, 5.74) is -0.00772. The van der Waals surface area contributed by atoms with E-state index in [-0.39, 0.29) is 27.8 Å². The van der Waals surface area contributed by atoms with Gasteiger partial charge in [-0.2, -0.15) is 13.2 Å². The molecule has 0 saturated carbocycles. The van der Waals surface area contributed by atoms with Crippen LogP contribution in [0.25, 0.3) is 11.0 Å². The molecule has 1 aliphatic heterocycles. The molecule has 3 rings (SSSR count). The monoisotopic (exact) mass is 336 g/mol. The van der Waals surface area contributed by atoms with Crippen LogP contribution in [0.3, 0.4) is 0 Å². The largest absolute Gasteiger partial charge is 0.416 e. The molecule has 9 heteroatoms. The van der Waals surface area contributed by atoms with E-state index in [4.69, 9.17) is 12.2 Å². The number of alkyl halides is 3. The maximum atomic E-state index is 12.7. The Morgan fingerprint density at radius 3 is 2.62 bits per heavy atom. The molecule has 0 radical (unpaired) electrons. The fraction of sp³-hybridized carbons (Fsp3) is 0.417. The zero-order chi connectivity index (χ0) is 15.4. The highest BCUT2D eigenvalue weighted by molar-refractivity contribution is 7.91. The van der Waals surface area contributed by atoms with Crippen LogP contribution in [0, 0.1) is 4.77 Å². The van der Waals surface area contributed by atoms with Crippen LogP contribution in [-0.4, -0.2) is 29.5 Å². The number of H-pyrrole nitrogens is 1. The number of aromatic nitrogens is 2. The van der Waals surface area contributed by atoms with Crippen molar-refractivity contribution in [1.29, 1.82) is 0 Å². The van der Waals surface area contributed by atoms with E-state index in [0.29, 0.717) is 11.9 Å². The first-order chi connectivity index (χ1) is 9.67. The van der Waals surface area contributed by atoms with Crippen molar-refractivity contribution in [3.8, 4) is 0 Å². The summed E-state index contributed by atoms with van der Waals surface area (Å²) >= 11 is 5.13. The van der Waals surface area contributed by atoms with Gasteiger partial charge in [-0.3, -0.25) is 0 Å². The van der Waals surface area contributed by atoms with Crippen molar-refractivity contribution < 1.29 is 21.6 Å². The lowest BCUT2D eigenvalue weighted by Crippen LogP contribution is -2.11. The van der Waals surface area contributed by atoms with Crippen molar-refractivity contribution in [2.45, 2.75) is 18.6 Å². The minimum absolute atomic E-state index is 0.0325. The van der Waals surface area contributed by atoms with Crippen LogP contribution in [0.1, 0.15) is 18.0 Å². The number of nitrogens with zero attached hydrogens (tertiary/aromatic N) is 1. The average molecular weight is 336 g/mol. The molecule has 1 N–H and O–H groups in total. The number of hydrogen-bond donors (Lipinski definition) is 1. The maximum absolute atomic E-state index is 12.7. The molecule has 0 bridgehead atoms. The van der Waals surface area contributed by atoms with Gasteiger partial charge in [0.25, 0.3) is 0 Å². The second kappa shape index (κ2) is 4.57. The zero-order valence-corrected chi connectivity index (χ0v) is 12.3. The predicted molar refractivity (Wildman–Crippen MR) is 74.4 cm³/mol. The molecule has 1 aromatic carbocycles. The Morgan fingerprint density at radius 1 is 1.33 bits per heavy atom. The number of hydrogen-bond acceptors (Lipinski definition) is 3. The first kappa shape index (κ1) is 14.6. The van der Waals surface area contributed by atoms with Crippen LogP contribution in [-0.2, 0) is 16.0 Å². The van der Waals surface area contributed by atoms with Crippen LogP contribution in [0.4, 0.5) is 13.2 Å². The Balaban J connectivity index is 2.13. The van der Waals surface area contributed by atoms with Gasteiger partial charge in [-0.1, -0.05) is 0 Å². The van der Waals surface area contributed by atoms with Gasteiger partial charge in [0, 0.05) is 0 Å². The third-order valence-electron chi connectivity index (χ3n) is 3.62. The highest BCUT2D eigenvalue weighted by Crippen LogP contribution is 2.33. The molecule has 4 nitrogen and oxygen atoms in total. The first-order valence-corrected chi connectivity index (χ1v) is 8.42. The summed E-state index contributed by atoms with van der Waals surface area (Å²) in [6.45, 7) is 0. The van der Waals surface area contributed by atoms with Crippen molar-refractivity contribution in [3.05, 3.63) is 28.5 Å². The maximum Gasteiger partial charge on any atom is 0.416 e. The molecule has 21 heavy (non-hydrogen) atoms. The number of sulfone groups is 1. The van der Waals surface area contributed by atoms with E-state index < -0.39 is 21.6 Å². The summed E-state index contributed by atoms with van der Waals surface area (Å²) in [6, 6.07) is 2.97. The summed E-state index contributed by atoms with van der Waals surface area (Å²) in [7, 11) is -3.10. The first-order valence-electron chi connectivity index (χ1n) is 6.19. The molecule has 1 aromatic heterocycles. The minimum atomic E-state index is -4.43. The summed E-state index contributed by atoms with van der Waals surface area (Å²) in [6.07, 6.45) is -4.01. The van der Waals surface area contributed by atoms with E-state index in [0.717, 1.165) is 12.1 Å². The van der Waals surface area contributed by atoms with E-state index >= 15 is 0 Å². The molecule has 2 heterocycles. The van der Waals surface area contributed by atoms with E-state index in [1.165, 1.54) is 6.07 Å². The summed E-state index contributed by atoms with van der Waals surface area (Å²) in [5, 5.41) is 0. The van der Waals surface area contributed by atoms with Gasteiger partial charge in [0.1, 0.15) is 0 Å². The summed E-state index contributed by atoms with van der Waals surface area (Å²) in [5.74, 6) is 0.0437. The van der Waals surface area contributed by atoms with Gasteiger partial charge < -0.3 is 9.55 Å². The number of nitrogens with one attached hydrogen (secondary N) is 1. The molecular formula is C12H11F3N2O2S2. The highest BCUT2D eigenvalue weighted by atomic mass is 32.2. The Bertz CT molecular complexity index is 865. The second-order valence-electron chi connectivity index (χ2n) is 5.09. The number of fused-ring (bicyclic) bond motifs is 1. The molecule has 2 aromatic rings. The van der Waals surface area contributed by atoms with Crippen LogP contribution in [0.15, 0.2) is 18.2 Å². The molecule has 1 unspecified atom stereocenters. The van der Waals surface area contributed by atoms with Gasteiger partial charge in [-0.05, 0) is 36.8 Å². The van der Waals surface area contributed by atoms with Gasteiger partial charge in [-0.25, -0.2) is 8.42 Å². The Morgan fingerprint density at radius 2 is 2.05 bits per heavy atom. The summed E-state index contributed by atoms with van der Waals surface area (Å²) in [4.78, 5) is 2.73. The average Bonchev–Trinajstić information content (AvgIpc) is 2.85. The minimum Gasteiger partial charge on any atom is -0.331 e. The number of imidazole rings is 1. The van der Waals surface area contributed by atoms with Crippen molar-refractivity contribution in [2.24, 2.45) is 0 Å². The quantitative estimate of drug-likeness (QED) is 0.814. The Hall–Kier alpha value is -1.35. The topological polar surface area (TPSA) is 54.9 Å². The Labute approximate surface area is 123 Å². The fourth-order valence-corrected chi connectivity index (χ4v) is 4.71. The number of rotatable bonds is 1. The van der Waals surface area contributed by atoms with Crippen LogP contribution in [0.2, 0.25) is 0 Å². The fourth-order valence-electron chi connectivity index (χ4n) is 2.65. The van der Waals surface area contributed by atoms with Crippen molar-refractivity contribution in [3.63, 3.8) is 0 Å². The molecule has 114 valence electrons. The molecule has 0 aliphatic carbocycles. The van der Waals surface area contributed by atoms with E-state index in [1.807, 2.05) is 0 Å². The van der Waals surface area contributed by atoms with E-state index in [1.54, 1.807) is 4.57 Å². The van der Waals surface area contributed by atoms with E-state index in [2.05, 4.69) is 4.98 Å². The lowest BCUT2D eigenvalue weighted by Gasteiger charge is -2.12. The SMILES string of the molecule is O=S1(=O)CCC(n2c(=S)[nH]c3cc(C(F)(F)F)ccc32)C1. The van der Waals surface area contributed by atoms with Crippen molar-refractivity contribution in [1.82, 2.24) is 9.55 Å². The predicted octanol–water partition coefficient (Wildman–Crippen LogP) is 3.08. The number of aromatic amines is 1. The van der Waals surface area contributed by atoms with Gasteiger partial charge in [0.2, 0.25) is 0 Å². The molecule has 1 fully saturated rings. The van der Waals surface area contributed by atoms with Gasteiger partial charge >= 0.3 is 6.18 Å². The zero-order valence-electron chi connectivity index (χ0n) is 10.6. The smallest absolute Gasteiger partial charge is 0.331 e. The molecule has 0 spiro atoms. The molecule has 0 amide bonds. The lowest BCUT2D eigenvalue weighted by atomic mass is 10.2. The molecule has 1 aliphatic rings. The van der Waals surface area contributed by atoms with Gasteiger partial charge in [-0.15, -0.1) is 0 Å². The third-order valence-corrected chi connectivity index (χ3v) is 5.67. The van der Waals surface area contributed by atoms with Crippen LogP contribution >= 0.6 is 12.2 Å². The second-order valence-corrected chi connectivity index (χ2v) is 7.70. The third kappa shape index (κ3) is 2.59. The lowest BCUT2D eigenvalue weighted by molar-refractivity contribution is -0.137. The van der Waals surface area contributed by atoms with Gasteiger partial charge in [0.05, 0.1) is 34.1 Å². The number of benzene rings is 1. The number of halogens is 3. The molecule has 1 atom stereocenters. The molecule has 1 saturated heterocycles. The normalized spacial score (nSPS) is 22.0. The van der Waals surface area contributed by atoms with E-state index in [9.17, 15) is 21.6 Å².